The zero-order chi connectivity index (χ0) is 20.4. The molecule has 1 spiro atoms. The molecule has 6 nitrogen and oxygen atoms in total. The monoisotopic (exact) mass is 385 g/mol. The second-order valence-electron chi connectivity index (χ2n) is 9.02. The van der Waals surface area contributed by atoms with E-state index in [4.69, 9.17) is 0 Å². The molecule has 1 saturated heterocycles. The molecule has 1 saturated carbocycles. The fourth-order valence-electron chi connectivity index (χ4n) is 4.25. The zero-order valence-electron chi connectivity index (χ0n) is 17.1. The molecular formula is C22H31N3O3. The third-order valence-corrected chi connectivity index (χ3v) is 5.76. The Morgan fingerprint density at radius 1 is 1.07 bits per heavy atom. The molecule has 4 amide bonds. The highest BCUT2D eigenvalue weighted by Crippen LogP contribution is 2.32. The zero-order valence-corrected chi connectivity index (χ0v) is 17.1. The third-order valence-electron chi connectivity index (χ3n) is 5.76. The number of para-hydroxylation sites is 1. The number of carbonyl (C=O) groups is 3. The van der Waals surface area contributed by atoms with Gasteiger partial charge in [0.2, 0.25) is 5.91 Å². The molecule has 1 aliphatic carbocycles. The Balaban J connectivity index is 1.71. The number of amides is 4. The molecule has 0 radical (unpaired) electrons. The summed E-state index contributed by atoms with van der Waals surface area (Å²) in [5.41, 5.74) is 0.777. The highest BCUT2D eigenvalue weighted by atomic mass is 16.2. The van der Waals surface area contributed by atoms with Crippen LogP contribution in [0.1, 0.15) is 71.3 Å². The fourth-order valence-corrected chi connectivity index (χ4v) is 4.25. The van der Waals surface area contributed by atoms with Crippen molar-refractivity contribution in [2.45, 2.75) is 76.7 Å². The van der Waals surface area contributed by atoms with Gasteiger partial charge in [-0.25, -0.2) is 4.79 Å². The highest BCUT2D eigenvalue weighted by molar-refractivity contribution is 6.10. The van der Waals surface area contributed by atoms with E-state index in [-0.39, 0.29) is 23.8 Å². The first-order chi connectivity index (χ1) is 13.2. The quantitative estimate of drug-likeness (QED) is 0.773. The first-order valence-electron chi connectivity index (χ1n) is 10.3. The van der Waals surface area contributed by atoms with E-state index < -0.39 is 11.6 Å². The number of anilines is 1. The fraction of sp³-hybridized carbons (Fsp3) is 0.591. The molecule has 2 fully saturated rings. The van der Waals surface area contributed by atoms with E-state index in [0.29, 0.717) is 18.5 Å². The predicted octanol–water partition coefficient (Wildman–Crippen LogP) is 3.96. The Morgan fingerprint density at radius 3 is 2.32 bits per heavy atom. The maximum absolute atomic E-state index is 13.0. The van der Waals surface area contributed by atoms with E-state index in [1.165, 1.54) is 6.42 Å². The number of rotatable bonds is 3. The molecule has 3 rings (SSSR count). The average molecular weight is 386 g/mol. The summed E-state index contributed by atoms with van der Waals surface area (Å²) in [6, 6.07) is 7.17. The lowest BCUT2D eigenvalue weighted by Crippen LogP contribution is -2.47. The third kappa shape index (κ3) is 4.21. The van der Waals surface area contributed by atoms with Crippen molar-refractivity contribution in [3.8, 4) is 0 Å². The van der Waals surface area contributed by atoms with E-state index in [1.807, 2.05) is 24.3 Å². The Bertz CT molecular complexity index is 759. The van der Waals surface area contributed by atoms with Crippen molar-refractivity contribution in [2.24, 2.45) is 0 Å². The van der Waals surface area contributed by atoms with Gasteiger partial charge in [-0.05, 0) is 29.9 Å². The minimum atomic E-state index is -0.818. The molecule has 152 valence electrons. The van der Waals surface area contributed by atoms with Crippen molar-refractivity contribution in [2.75, 3.05) is 11.9 Å². The first kappa shape index (κ1) is 20.4. The second-order valence-corrected chi connectivity index (χ2v) is 9.02. The summed E-state index contributed by atoms with van der Waals surface area (Å²) in [5, 5.41) is 5.79. The highest BCUT2D eigenvalue weighted by Gasteiger charge is 2.50. The lowest BCUT2D eigenvalue weighted by atomic mass is 9.84. The second kappa shape index (κ2) is 7.94. The standard InChI is InChI=1S/C22H31N3O3/c1-21(2,3)16-11-7-8-12-17(16)23-18(26)15-25-19(27)22(24-20(25)28)13-9-5-4-6-10-14-22/h7-8,11-12H,4-6,9-10,13-15H2,1-3H3,(H,23,26)(H,24,28). The number of benzene rings is 1. The van der Waals surface area contributed by atoms with E-state index in [0.717, 1.165) is 36.1 Å². The van der Waals surface area contributed by atoms with E-state index in [9.17, 15) is 14.4 Å². The lowest BCUT2D eigenvalue weighted by Gasteiger charge is -2.28. The van der Waals surface area contributed by atoms with Gasteiger partial charge in [-0.1, -0.05) is 71.1 Å². The summed E-state index contributed by atoms with van der Waals surface area (Å²) in [6.07, 6.45) is 6.49. The molecule has 1 aromatic carbocycles. The van der Waals surface area contributed by atoms with Crippen molar-refractivity contribution in [1.29, 1.82) is 0 Å². The summed E-state index contributed by atoms with van der Waals surface area (Å²) in [5.74, 6) is -0.609. The van der Waals surface area contributed by atoms with Crippen molar-refractivity contribution in [3.63, 3.8) is 0 Å². The van der Waals surface area contributed by atoms with Crippen LogP contribution in [0.4, 0.5) is 10.5 Å². The molecule has 0 aromatic heterocycles. The van der Waals surface area contributed by atoms with Crippen molar-refractivity contribution in [3.05, 3.63) is 29.8 Å². The predicted molar refractivity (Wildman–Crippen MR) is 109 cm³/mol. The molecule has 2 N–H and O–H groups in total. The molecule has 0 bridgehead atoms. The van der Waals surface area contributed by atoms with Crippen molar-refractivity contribution >= 4 is 23.5 Å². The number of imide groups is 1. The Hall–Kier alpha value is -2.37. The van der Waals surface area contributed by atoms with Crippen LogP contribution in [0.5, 0.6) is 0 Å². The molecule has 28 heavy (non-hydrogen) atoms. The maximum atomic E-state index is 13.0. The molecular weight excluding hydrogens is 354 g/mol. The molecule has 6 heteroatoms. The van der Waals surface area contributed by atoms with Crippen molar-refractivity contribution < 1.29 is 14.4 Å². The topological polar surface area (TPSA) is 78.5 Å². The lowest BCUT2D eigenvalue weighted by molar-refractivity contribution is -0.134. The van der Waals surface area contributed by atoms with Crippen LogP contribution in [0.3, 0.4) is 0 Å². The summed E-state index contributed by atoms with van der Waals surface area (Å²) in [6.45, 7) is 5.97. The van der Waals surface area contributed by atoms with Gasteiger partial charge in [0.25, 0.3) is 5.91 Å². The van der Waals surface area contributed by atoms with Gasteiger partial charge in [0.15, 0.2) is 0 Å². The first-order valence-corrected chi connectivity index (χ1v) is 10.3. The van der Waals surface area contributed by atoms with Gasteiger partial charge in [0.05, 0.1) is 0 Å². The molecule has 0 atom stereocenters. The van der Waals surface area contributed by atoms with Crippen LogP contribution in [-0.4, -0.2) is 34.8 Å². The Kier molecular flexibility index (Phi) is 5.77. The van der Waals surface area contributed by atoms with E-state index >= 15 is 0 Å². The van der Waals surface area contributed by atoms with Crippen LogP contribution in [0.15, 0.2) is 24.3 Å². The van der Waals surface area contributed by atoms with Crippen LogP contribution in [0, 0.1) is 0 Å². The number of urea groups is 1. The van der Waals surface area contributed by atoms with Crippen LogP contribution < -0.4 is 10.6 Å². The van der Waals surface area contributed by atoms with Crippen LogP contribution in [0.2, 0.25) is 0 Å². The van der Waals surface area contributed by atoms with Gasteiger partial charge < -0.3 is 10.6 Å². The number of carbonyl (C=O) groups excluding carboxylic acids is 3. The number of nitrogens with one attached hydrogen (secondary N) is 2. The van der Waals surface area contributed by atoms with Gasteiger partial charge in [-0.2, -0.15) is 0 Å². The molecule has 1 aromatic rings. The summed E-state index contributed by atoms with van der Waals surface area (Å²) in [7, 11) is 0. The smallest absolute Gasteiger partial charge is 0.324 e. The van der Waals surface area contributed by atoms with E-state index in [2.05, 4.69) is 31.4 Å². The van der Waals surface area contributed by atoms with Crippen LogP contribution >= 0.6 is 0 Å². The van der Waals surface area contributed by atoms with Crippen LogP contribution in [0.25, 0.3) is 0 Å². The van der Waals surface area contributed by atoms with Gasteiger partial charge in [-0.3, -0.25) is 14.5 Å². The molecule has 2 aliphatic rings. The largest absolute Gasteiger partial charge is 0.325 e. The van der Waals surface area contributed by atoms with Gasteiger partial charge in [0, 0.05) is 5.69 Å². The maximum Gasteiger partial charge on any atom is 0.325 e. The molecule has 0 unspecified atom stereocenters. The normalized spacial score (nSPS) is 19.9. The van der Waals surface area contributed by atoms with Gasteiger partial charge in [-0.15, -0.1) is 0 Å². The van der Waals surface area contributed by atoms with Gasteiger partial charge >= 0.3 is 6.03 Å². The summed E-state index contributed by atoms with van der Waals surface area (Å²) >= 11 is 0. The minimum absolute atomic E-state index is 0.131. The Labute approximate surface area is 167 Å². The van der Waals surface area contributed by atoms with Gasteiger partial charge in [0.1, 0.15) is 12.1 Å². The number of nitrogens with zero attached hydrogens (tertiary/aromatic N) is 1. The SMILES string of the molecule is CC(C)(C)c1ccccc1NC(=O)CN1C(=O)NC2(CCCCCCC2)C1=O. The van der Waals surface area contributed by atoms with Crippen LogP contribution in [-0.2, 0) is 15.0 Å². The summed E-state index contributed by atoms with van der Waals surface area (Å²) < 4.78 is 0. The average Bonchev–Trinajstić information content (AvgIpc) is 2.83. The Morgan fingerprint density at radius 2 is 1.68 bits per heavy atom. The number of hydrogen-bond acceptors (Lipinski definition) is 3. The number of hydrogen-bond donors (Lipinski definition) is 2. The minimum Gasteiger partial charge on any atom is -0.324 e. The molecule has 1 heterocycles. The molecule has 1 aliphatic heterocycles. The van der Waals surface area contributed by atoms with E-state index in [1.54, 1.807) is 0 Å². The summed E-state index contributed by atoms with van der Waals surface area (Å²) in [4.78, 5) is 39.2. The van der Waals surface area contributed by atoms with Crippen molar-refractivity contribution in [1.82, 2.24) is 10.2 Å².